The minimum atomic E-state index is -4.20. The van der Waals surface area contributed by atoms with E-state index in [9.17, 15) is 28.2 Å². The van der Waals surface area contributed by atoms with Gasteiger partial charge >= 0.3 is 5.97 Å². The van der Waals surface area contributed by atoms with Crippen molar-refractivity contribution in [3.63, 3.8) is 0 Å². The van der Waals surface area contributed by atoms with Crippen molar-refractivity contribution in [3.8, 4) is 11.5 Å². The van der Waals surface area contributed by atoms with E-state index in [0.29, 0.717) is 18.7 Å². The second-order valence-corrected chi connectivity index (χ2v) is 8.84. The fraction of sp³-hybridized carbons (Fsp3) is 0.579. The summed E-state index contributed by atoms with van der Waals surface area (Å²) in [6.45, 7) is 2.02. The van der Waals surface area contributed by atoms with Gasteiger partial charge in [-0.3, -0.25) is 9.59 Å². The van der Waals surface area contributed by atoms with Crippen LogP contribution in [0.1, 0.15) is 26.2 Å². The largest absolute Gasteiger partial charge is 0.493 e. The van der Waals surface area contributed by atoms with Gasteiger partial charge in [0.05, 0.1) is 31.3 Å². The van der Waals surface area contributed by atoms with Crippen molar-refractivity contribution in [3.05, 3.63) is 18.2 Å². The standard InChI is InChI=1S/C19H28N2O8S/c1-4-11(18(23)14-8-12(22)10-20-14)7-15(19(24)25)21-30(26,27)13-5-6-16(28-2)17(9-13)29-3/h5-6,9,11-12,14-15,20-22H,4,7-8,10H2,1-3H3,(H,24,25)/t11-,12+,14-,15-/m0/s1. The molecule has 1 aliphatic heterocycles. The first-order valence-corrected chi connectivity index (χ1v) is 11.0. The maximum Gasteiger partial charge on any atom is 0.321 e. The second kappa shape index (κ2) is 10.2. The van der Waals surface area contributed by atoms with Gasteiger partial charge in [0.2, 0.25) is 10.0 Å². The highest BCUT2D eigenvalue weighted by atomic mass is 32.2. The fourth-order valence-electron chi connectivity index (χ4n) is 3.43. The molecule has 1 fully saturated rings. The van der Waals surface area contributed by atoms with Gasteiger partial charge in [-0.1, -0.05) is 6.92 Å². The zero-order chi connectivity index (χ0) is 22.5. The van der Waals surface area contributed by atoms with E-state index in [1.54, 1.807) is 6.92 Å². The molecule has 0 unspecified atom stereocenters. The number of carbonyl (C=O) groups is 2. The van der Waals surface area contributed by atoms with E-state index in [2.05, 4.69) is 10.0 Å². The molecule has 0 bridgehead atoms. The van der Waals surface area contributed by atoms with Crippen molar-refractivity contribution in [1.29, 1.82) is 0 Å². The third-order valence-corrected chi connectivity index (χ3v) is 6.60. The SMILES string of the molecule is CC[C@@H](C[C@H](NS(=O)(=O)c1ccc(OC)c(OC)c1)C(=O)O)C(=O)[C@@H]1C[C@@H](O)CN1. The van der Waals surface area contributed by atoms with Crippen LogP contribution in [0.15, 0.2) is 23.1 Å². The Morgan fingerprint density at radius 3 is 2.43 bits per heavy atom. The number of sulfonamides is 1. The highest BCUT2D eigenvalue weighted by molar-refractivity contribution is 7.89. The van der Waals surface area contributed by atoms with Crippen LogP contribution in [0.4, 0.5) is 0 Å². The number of aliphatic carboxylic acids is 1. The minimum Gasteiger partial charge on any atom is -0.493 e. The van der Waals surface area contributed by atoms with Gasteiger partial charge in [-0.05, 0) is 31.4 Å². The first-order valence-electron chi connectivity index (χ1n) is 9.55. The number of nitrogens with one attached hydrogen (secondary N) is 2. The third kappa shape index (κ3) is 5.69. The smallest absolute Gasteiger partial charge is 0.321 e. The molecule has 0 radical (unpaired) electrons. The highest BCUT2D eigenvalue weighted by Crippen LogP contribution is 2.29. The molecular formula is C19H28N2O8S. The van der Waals surface area contributed by atoms with Crippen LogP contribution in [0, 0.1) is 5.92 Å². The second-order valence-electron chi connectivity index (χ2n) is 7.12. The van der Waals surface area contributed by atoms with Crippen LogP contribution in [-0.2, 0) is 19.6 Å². The number of aliphatic hydroxyl groups is 1. The van der Waals surface area contributed by atoms with Crippen molar-refractivity contribution in [2.75, 3.05) is 20.8 Å². The maximum absolute atomic E-state index is 12.8. The zero-order valence-electron chi connectivity index (χ0n) is 17.1. The maximum atomic E-state index is 12.8. The highest BCUT2D eigenvalue weighted by Gasteiger charge is 2.35. The molecule has 1 aromatic rings. The van der Waals surface area contributed by atoms with Gasteiger partial charge in [0.15, 0.2) is 17.3 Å². The molecule has 30 heavy (non-hydrogen) atoms. The molecule has 1 aliphatic rings. The van der Waals surface area contributed by atoms with Crippen molar-refractivity contribution >= 4 is 21.8 Å². The number of methoxy groups -OCH3 is 2. The molecule has 0 spiro atoms. The van der Waals surface area contributed by atoms with Crippen LogP contribution in [-0.4, -0.2) is 69.3 Å². The first kappa shape index (κ1) is 24.1. The molecule has 1 aromatic carbocycles. The lowest BCUT2D eigenvalue weighted by Gasteiger charge is -2.22. The van der Waals surface area contributed by atoms with Gasteiger partial charge < -0.3 is 25.0 Å². The number of hydrogen-bond donors (Lipinski definition) is 4. The Balaban J connectivity index is 2.19. The summed E-state index contributed by atoms with van der Waals surface area (Å²) in [6, 6.07) is 1.84. The number of ketones is 1. The Kier molecular flexibility index (Phi) is 8.18. The lowest BCUT2D eigenvalue weighted by Crippen LogP contribution is -2.44. The number of ether oxygens (including phenoxy) is 2. The van der Waals surface area contributed by atoms with Gasteiger partial charge in [0.25, 0.3) is 0 Å². The molecular weight excluding hydrogens is 416 g/mol. The van der Waals surface area contributed by atoms with Crippen LogP contribution >= 0.6 is 0 Å². The molecule has 168 valence electrons. The van der Waals surface area contributed by atoms with Gasteiger partial charge in [-0.25, -0.2) is 8.42 Å². The van der Waals surface area contributed by atoms with E-state index >= 15 is 0 Å². The number of benzene rings is 1. The van der Waals surface area contributed by atoms with E-state index in [4.69, 9.17) is 9.47 Å². The summed E-state index contributed by atoms with van der Waals surface area (Å²) in [5.41, 5.74) is 0. The molecule has 0 amide bonds. The van der Waals surface area contributed by atoms with E-state index < -0.39 is 40.1 Å². The molecule has 11 heteroatoms. The summed E-state index contributed by atoms with van der Waals surface area (Å²) >= 11 is 0. The number of aliphatic hydroxyl groups excluding tert-OH is 1. The van der Waals surface area contributed by atoms with Gasteiger partial charge in [-0.2, -0.15) is 4.72 Å². The predicted octanol–water partition coefficient (Wildman–Crippen LogP) is 0.144. The van der Waals surface area contributed by atoms with Crippen molar-refractivity contribution < 1.29 is 37.7 Å². The number of hydrogen-bond acceptors (Lipinski definition) is 8. The molecule has 1 heterocycles. The Morgan fingerprint density at radius 1 is 1.27 bits per heavy atom. The third-order valence-electron chi connectivity index (χ3n) is 5.13. The normalized spacial score (nSPS) is 21.1. The van der Waals surface area contributed by atoms with E-state index in [0.717, 1.165) is 0 Å². The number of β-amino-alcohol motifs (C(OH)–C–C–N with tert-alkyl or cyclic N) is 1. The minimum absolute atomic E-state index is 0.180. The lowest BCUT2D eigenvalue weighted by atomic mass is 9.89. The van der Waals surface area contributed by atoms with Crippen molar-refractivity contribution in [1.82, 2.24) is 10.0 Å². The monoisotopic (exact) mass is 444 g/mol. The average Bonchev–Trinajstić information content (AvgIpc) is 3.15. The Bertz CT molecular complexity index is 873. The first-order chi connectivity index (χ1) is 14.1. The number of carbonyl (C=O) groups excluding carboxylic acids is 1. The molecule has 10 nitrogen and oxygen atoms in total. The van der Waals surface area contributed by atoms with Crippen LogP contribution < -0.4 is 19.5 Å². The van der Waals surface area contributed by atoms with Crippen molar-refractivity contribution in [2.45, 2.75) is 49.3 Å². The summed E-state index contributed by atoms with van der Waals surface area (Å²) in [5, 5.41) is 22.1. The summed E-state index contributed by atoms with van der Waals surface area (Å²) < 4.78 is 37.9. The molecule has 0 aromatic heterocycles. The van der Waals surface area contributed by atoms with E-state index in [1.165, 1.54) is 32.4 Å². The summed E-state index contributed by atoms with van der Waals surface area (Å²) in [7, 11) is -1.44. The number of carboxylic acids is 1. The van der Waals surface area contributed by atoms with Gasteiger partial charge in [0, 0.05) is 18.5 Å². The fourth-order valence-corrected chi connectivity index (χ4v) is 4.64. The van der Waals surface area contributed by atoms with Gasteiger partial charge in [0.1, 0.15) is 6.04 Å². The van der Waals surface area contributed by atoms with E-state index in [1.807, 2.05) is 0 Å². The van der Waals surface area contributed by atoms with Crippen LogP contribution in [0.25, 0.3) is 0 Å². The van der Waals surface area contributed by atoms with Crippen LogP contribution in [0.3, 0.4) is 0 Å². The van der Waals surface area contributed by atoms with Crippen LogP contribution in [0.2, 0.25) is 0 Å². The molecule has 4 N–H and O–H groups in total. The number of carboxylic acid groups (broad SMARTS) is 1. The molecule has 0 saturated carbocycles. The Morgan fingerprint density at radius 2 is 1.93 bits per heavy atom. The molecule has 4 atom stereocenters. The summed E-state index contributed by atoms with van der Waals surface area (Å²) in [4.78, 5) is 24.2. The summed E-state index contributed by atoms with van der Waals surface area (Å²) in [6.07, 6.45) is -0.236. The molecule has 0 aliphatic carbocycles. The predicted molar refractivity (Wildman–Crippen MR) is 107 cm³/mol. The Labute approximate surface area is 175 Å². The zero-order valence-corrected chi connectivity index (χ0v) is 17.9. The quantitative estimate of drug-likeness (QED) is 0.374. The number of Topliss-reactive ketones (excluding diaryl/α,β-unsaturated/α-hetero) is 1. The molecule has 2 rings (SSSR count). The lowest BCUT2D eigenvalue weighted by molar-refractivity contribution is -0.139. The topological polar surface area (TPSA) is 151 Å². The van der Waals surface area contributed by atoms with Crippen LogP contribution in [0.5, 0.6) is 11.5 Å². The number of rotatable bonds is 11. The van der Waals surface area contributed by atoms with Crippen molar-refractivity contribution in [2.24, 2.45) is 5.92 Å². The van der Waals surface area contributed by atoms with Gasteiger partial charge in [-0.15, -0.1) is 0 Å². The summed E-state index contributed by atoms with van der Waals surface area (Å²) in [5.74, 6) is -1.79. The van der Waals surface area contributed by atoms with E-state index in [-0.39, 0.29) is 29.3 Å². The average molecular weight is 445 g/mol. The Hall–Kier alpha value is -2.21. The molecule has 1 saturated heterocycles.